The molecule has 174 valence electrons. The first-order valence-corrected chi connectivity index (χ1v) is 9.43. The molecule has 0 saturated heterocycles. The SMILES string of the molecule is COC(=O)[C@@H](CO)NNc1c(C(=O)NCc2ccc(F)cc2F)c(=O)n(O)c2ncccc12. The maximum absolute atomic E-state index is 13.9. The molecule has 0 radical (unpaired) electrons. The van der Waals surface area contributed by atoms with Gasteiger partial charge in [0.15, 0.2) is 5.65 Å². The van der Waals surface area contributed by atoms with Gasteiger partial charge in [-0.3, -0.25) is 14.4 Å². The highest BCUT2D eigenvalue weighted by atomic mass is 19.1. The fourth-order valence-electron chi connectivity index (χ4n) is 2.95. The zero-order valence-corrected chi connectivity index (χ0v) is 17.1. The predicted octanol–water partition coefficient (Wildman–Crippen LogP) is 0.292. The molecule has 0 aliphatic heterocycles. The van der Waals surface area contributed by atoms with Crippen LogP contribution in [0.15, 0.2) is 41.3 Å². The Balaban J connectivity index is 2.01. The highest BCUT2D eigenvalue weighted by Gasteiger charge is 2.25. The van der Waals surface area contributed by atoms with Crippen LogP contribution in [0.1, 0.15) is 15.9 Å². The van der Waals surface area contributed by atoms with Crippen LogP contribution in [0.3, 0.4) is 0 Å². The summed E-state index contributed by atoms with van der Waals surface area (Å²) in [5, 5.41) is 22.0. The van der Waals surface area contributed by atoms with Gasteiger partial charge in [0.25, 0.3) is 11.5 Å². The Morgan fingerprint density at radius 1 is 1.27 bits per heavy atom. The van der Waals surface area contributed by atoms with Gasteiger partial charge in [0.05, 0.1) is 19.4 Å². The van der Waals surface area contributed by atoms with Gasteiger partial charge in [0, 0.05) is 29.8 Å². The second-order valence-corrected chi connectivity index (χ2v) is 6.69. The van der Waals surface area contributed by atoms with Crippen molar-refractivity contribution in [3.8, 4) is 0 Å². The number of methoxy groups -OCH3 is 1. The molecular weight excluding hydrogens is 444 g/mol. The predicted molar refractivity (Wildman–Crippen MR) is 110 cm³/mol. The summed E-state index contributed by atoms with van der Waals surface area (Å²) < 4.78 is 31.7. The summed E-state index contributed by atoms with van der Waals surface area (Å²) in [6.07, 6.45) is 1.30. The van der Waals surface area contributed by atoms with Crippen LogP contribution in [0.4, 0.5) is 14.5 Å². The highest BCUT2D eigenvalue weighted by molar-refractivity contribution is 6.06. The van der Waals surface area contributed by atoms with Crippen molar-refractivity contribution in [3.63, 3.8) is 0 Å². The number of nitrogens with one attached hydrogen (secondary N) is 3. The number of pyridine rings is 2. The van der Waals surface area contributed by atoms with Gasteiger partial charge in [-0.1, -0.05) is 6.07 Å². The van der Waals surface area contributed by atoms with Crippen molar-refractivity contribution in [2.45, 2.75) is 12.6 Å². The molecule has 0 aliphatic carbocycles. The lowest BCUT2D eigenvalue weighted by atomic mass is 10.1. The molecule has 3 rings (SSSR count). The van der Waals surface area contributed by atoms with Gasteiger partial charge in [-0.2, -0.15) is 0 Å². The summed E-state index contributed by atoms with van der Waals surface area (Å²) in [5.41, 5.74) is 2.79. The van der Waals surface area contributed by atoms with Crippen LogP contribution in [0, 0.1) is 11.6 Å². The number of aliphatic hydroxyl groups is 1. The number of nitrogens with zero attached hydrogens (tertiary/aromatic N) is 2. The van der Waals surface area contributed by atoms with Crippen molar-refractivity contribution in [1.82, 2.24) is 20.5 Å². The van der Waals surface area contributed by atoms with Crippen molar-refractivity contribution in [3.05, 3.63) is 69.6 Å². The van der Waals surface area contributed by atoms with E-state index in [0.29, 0.717) is 6.07 Å². The van der Waals surface area contributed by atoms with Crippen LogP contribution in [0.2, 0.25) is 0 Å². The number of benzene rings is 1. The standard InChI is InChI=1S/C20H19F2N5O6/c1-33-20(31)14(9-28)25-26-16-12-3-2-6-23-17(12)27(32)19(30)15(16)18(29)24-8-10-4-5-11(21)7-13(10)22/h2-7,14,25-26,28,32H,8-9H2,1H3,(H,24,29)/t14-/m1/s1. The molecule has 1 amide bonds. The summed E-state index contributed by atoms with van der Waals surface area (Å²) in [6, 6.07) is 4.41. The maximum Gasteiger partial charge on any atom is 0.327 e. The van der Waals surface area contributed by atoms with E-state index in [0.717, 1.165) is 19.2 Å². The van der Waals surface area contributed by atoms with Crippen molar-refractivity contribution in [2.75, 3.05) is 19.1 Å². The van der Waals surface area contributed by atoms with Gasteiger partial charge < -0.3 is 25.8 Å². The third-order valence-corrected chi connectivity index (χ3v) is 4.63. The Morgan fingerprint density at radius 2 is 2.03 bits per heavy atom. The van der Waals surface area contributed by atoms with E-state index >= 15 is 0 Å². The summed E-state index contributed by atoms with van der Waals surface area (Å²) in [5.74, 6) is -3.54. The molecule has 0 aliphatic rings. The molecule has 13 heteroatoms. The number of rotatable bonds is 8. The van der Waals surface area contributed by atoms with Crippen molar-refractivity contribution in [2.24, 2.45) is 0 Å². The number of carbonyl (C=O) groups is 2. The van der Waals surface area contributed by atoms with Crippen LogP contribution in [0.25, 0.3) is 11.0 Å². The second-order valence-electron chi connectivity index (χ2n) is 6.69. The van der Waals surface area contributed by atoms with E-state index in [1.54, 1.807) is 0 Å². The molecule has 0 bridgehead atoms. The minimum atomic E-state index is -1.26. The van der Waals surface area contributed by atoms with Gasteiger partial charge in [0.1, 0.15) is 23.2 Å². The molecule has 3 aromatic rings. The fourth-order valence-corrected chi connectivity index (χ4v) is 2.95. The number of aromatic nitrogens is 2. The number of fused-ring (bicyclic) bond motifs is 1. The van der Waals surface area contributed by atoms with E-state index in [1.165, 1.54) is 18.3 Å². The largest absolute Gasteiger partial charge is 0.468 e. The monoisotopic (exact) mass is 463 g/mol. The third kappa shape index (κ3) is 4.88. The normalized spacial score (nSPS) is 11.8. The fraction of sp³-hybridized carbons (Fsp3) is 0.200. The van der Waals surface area contributed by atoms with Gasteiger partial charge in [-0.25, -0.2) is 19.2 Å². The summed E-state index contributed by atoms with van der Waals surface area (Å²) in [6.45, 7) is -1.08. The van der Waals surface area contributed by atoms with Crippen molar-refractivity contribution >= 4 is 28.6 Å². The van der Waals surface area contributed by atoms with E-state index in [2.05, 4.69) is 25.9 Å². The van der Waals surface area contributed by atoms with Gasteiger partial charge in [-0.15, -0.1) is 4.73 Å². The Hall–Kier alpha value is -4.10. The first kappa shape index (κ1) is 23.6. The number of amides is 1. The van der Waals surface area contributed by atoms with E-state index < -0.39 is 53.8 Å². The first-order chi connectivity index (χ1) is 15.8. The molecule has 0 unspecified atom stereocenters. The average molecular weight is 463 g/mol. The van der Waals surface area contributed by atoms with Gasteiger partial charge in [0.2, 0.25) is 0 Å². The van der Waals surface area contributed by atoms with E-state index in [9.17, 15) is 33.5 Å². The number of ether oxygens (including phenoxy) is 1. The Labute approximate surface area is 184 Å². The van der Waals surface area contributed by atoms with Crippen LogP contribution < -0.4 is 21.7 Å². The highest BCUT2D eigenvalue weighted by Crippen LogP contribution is 2.23. The van der Waals surface area contributed by atoms with E-state index in [-0.39, 0.29) is 27.0 Å². The van der Waals surface area contributed by atoms with Crippen LogP contribution in [-0.2, 0) is 16.1 Å². The quantitative estimate of drug-likeness (QED) is 0.180. The Bertz CT molecular complexity index is 1270. The molecule has 1 aromatic carbocycles. The maximum atomic E-state index is 13.9. The molecule has 0 fully saturated rings. The second kappa shape index (κ2) is 10.0. The van der Waals surface area contributed by atoms with Gasteiger partial charge in [-0.05, 0) is 18.2 Å². The molecule has 0 spiro atoms. The summed E-state index contributed by atoms with van der Waals surface area (Å²) >= 11 is 0. The van der Waals surface area contributed by atoms with Gasteiger partial charge >= 0.3 is 5.97 Å². The number of carbonyl (C=O) groups excluding carboxylic acids is 2. The topological polar surface area (TPSA) is 155 Å². The summed E-state index contributed by atoms with van der Waals surface area (Å²) in [7, 11) is 1.10. The number of hydrogen-bond acceptors (Lipinski definition) is 9. The molecule has 2 aromatic heterocycles. The molecule has 33 heavy (non-hydrogen) atoms. The number of hydrogen-bond donors (Lipinski definition) is 5. The number of hydrazine groups is 1. The third-order valence-electron chi connectivity index (χ3n) is 4.63. The average Bonchev–Trinajstić information content (AvgIpc) is 2.81. The minimum Gasteiger partial charge on any atom is -0.468 e. The van der Waals surface area contributed by atoms with Crippen LogP contribution in [0.5, 0.6) is 0 Å². The first-order valence-electron chi connectivity index (χ1n) is 9.43. The summed E-state index contributed by atoms with van der Waals surface area (Å²) in [4.78, 5) is 41.3. The lowest BCUT2D eigenvalue weighted by Crippen LogP contribution is -2.45. The molecule has 5 N–H and O–H groups in total. The number of esters is 1. The van der Waals surface area contributed by atoms with E-state index in [4.69, 9.17) is 0 Å². The molecule has 0 saturated carbocycles. The Kier molecular flexibility index (Phi) is 7.15. The molecule has 11 nitrogen and oxygen atoms in total. The number of aliphatic hydroxyl groups excluding tert-OH is 1. The number of halogens is 2. The Morgan fingerprint density at radius 3 is 2.70 bits per heavy atom. The molecule has 2 heterocycles. The van der Waals surface area contributed by atoms with Crippen molar-refractivity contribution in [1.29, 1.82) is 0 Å². The van der Waals surface area contributed by atoms with E-state index in [1.807, 2.05) is 0 Å². The smallest absolute Gasteiger partial charge is 0.327 e. The van der Waals surface area contributed by atoms with Crippen molar-refractivity contribution < 1.29 is 33.4 Å². The lowest BCUT2D eigenvalue weighted by molar-refractivity contribution is -0.143. The molecular formula is C20H19F2N5O6. The lowest BCUT2D eigenvalue weighted by Gasteiger charge is -2.19. The zero-order valence-electron chi connectivity index (χ0n) is 17.1. The van der Waals surface area contributed by atoms with Crippen LogP contribution >= 0.6 is 0 Å². The minimum absolute atomic E-state index is 0.0461. The molecule has 1 atom stereocenters. The van der Waals surface area contributed by atoms with Crippen LogP contribution in [-0.4, -0.2) is 51.7 Å². The number of anilines is 1. The zero-order chi connectivity index (χ0) is 24.1.